The van der Waals surface area contributed by atoms with Crippen LogP contribution in [0.25, 0.3) is 0 Å². The topological polar surface area (TPSA) is 92.2 Å². The number of hydrogen-bond acceptors (Lipinski definition) is 6. The summed E-state index contributed by atoms with van der Waals surface area (Å²) in [6.45, 7) is -0.746. The highest BCUT2D eigenvalue weighted by atomic mass is 32.2. The van der Waals surface area contributed by atoms with Gasteiger partial charge in [0.1, 0.15) is 17.7 Å². The van der Waals surface area contributed by atoms with Gasteiger partial charge in [0.05, 0.1) is 18.3 Å². The van der Waals surface area contributed by atoms with Gasteiger partial charge in [0.25, 0.3) is 12.3 Å². The third-order valence-electron chi connectivity index (χ3n) is 5.42. The quantitative estimate of drug-likeness (QED) is 0.505. The van der Waals surface area contributed by atoms with Crippen molar-refractivity contribution in [2.75, 3.05) is 24.7 Å². The molecule has 1 aliphatic carbocycles. The minimum absolute atomic E-state index is 0.156. The Kier molecular flexibility index (Phi) is 7.34. The maximum atomic E-state index is 14.9. The van der Waals surface area contributed by atoms with Crippen LogP contribution < -0.4 is 11.1 Å². The lowest BCUT2D eigenvalue weighted by molar-refractivity contribution is -0.110. The standard InChI is InChI=1S/C20H23F4N5OS/c1-26-16(8-27-9-17(23)24)18(30)28-13-2-3-15(22)14(7-13)20-5-4-12(21)6-11(20)10-31-19(25)29-20/h2-3,7-8,11-12,17H,4-6,9-10H2,1H3,(H2,25,29)(H,28,30)/t11-,12-,20-/m0/s1. The fourth-order valence-electron chi connectivity index (χ4n) is 3.95. The Bertz CT molecular complexity index is 923. The van der Waals surface area contributed by atoms with Crippen molar-refractivity contribution >= 4 is 40.5 Å². The first-order chi connectivity index (χ1) is 14.7. The maximum Gasteiger partial charge on any atom is 0.275 e. The van der Waals surface area contributed by atoms with Crippen LogP contribution in [0.15, 0.2) is 33.2 Å². The van der Waals surface area contributed by atoms with E-state index in [4.69, 9.17) is 5.73 Å². The summed E-state index contributed by atoms with van der Waals surface area (Å²) in [7, 11) is 1.33. The molecule has 0 aromatic heterocycles. The van der Waals surface area contributed by atoms with E-state index in [-0.39, 0.29) is 35.7 Å². The number of halogens is 4. The molecule has 0 saturated heterocycles. The van der Waals surface area contributed by atoms with Gasteiger partial charge in [-0.05, 0) is 37.5 Å². The molecule has 1 heterocycles. The monoisotopic (exact) mass is 457 g/mol. The zero-order valence-electron chi connectivity index (χ0n) is 16.8. The van der Waals surface area contributed by atoms with Gasteiger partial charge in [-0.25, -0.2) is 17.6 Å². The Labute approximate surface area is 181 Å². The van der Waals surface area contributed by atoms with Gasteiger partial charge < -0.3 is 11.1 Å². The lowest BCUT2D eigenvalue weighted by atomic mass is 9.69. The van der Waals surface area contributed by atoms with Crippen LogP contribution in [-0.4, -0.2) is 54.9 Å². The van der Waals surface area contributed by atoms with Gasteiger partial charge in [-0.15, -0.1) is 0 Å². The molecule has 11 heteroatoms. The number of alkyl halides is 3. The number of amidine groups is 1. The molecule has 1 aromatic rings. The van der Waals surface area contributed by atoms with E-state index in [2.05, 4.69) is 20.3 Å². The molecule has 0 unspecified atom stereocenters. The van der Waals surface area contributed by atoms with Gasteiger partial charge in [0, 0.05) is 30.0 Å². The van der Waals surface area contributed by atoms with Crippen molar-refractivity contribution in [3.05, 3.63) is 29.6 Å². The molecular formula is C20H23F4N5OS. The molecule has 2 aliphatic rings. The summed E-state index contributed by atoms with van der Waals surface area (Å²) in [6.07, 6.45) is -1.85. The zero-order valence-corrected chi connectivity index (χ0v) is 17.6. The normalized spacial score (nSPS) is 26.6. The van der Waals surface area contributed by atoms with E-state index < -0.39 is 36.4 Å². The maximum absolute atomic E-state index is 14.9. The van der Waals surface area contributed by atoms with E-state index in [0.717, 1.165) is 6.21 Å². The number of thioether (sulfide) groups is 1. The van der Waals surface area contributed by atoms with Crippen LogP contribution in [0.3, 0.4) is 0 Å². The summed E-state index contributed by atoms with van der Waals surface area (Å²) in [5, 5.41) is 2.89. The fourth-order valence-corrected chi connectivity index (χ4v) is 4.96. The molecular weight excluding hydrogens is 434 g/mol. The second-order valence-electron chi connectivity index (χ2n) is 7.40. The summed E-state index contributed by atoms with van der Waals surface area (Å²) < 4.78 is 53.5. The fraction of sp³-hybridized carbons (Fsp3) is 0.500. The Balaban J connectivity index is 1.89. The van der Waals surface area contributed by atoms with Crippen LogP contribution in [0.1, 0.15) is 24.8 Å². The molecule has 3 N–H and O–H groups in total. The highest BCUT2D eigenvalue weighted by Crippen LogP contribution is 2.50. The van der Waals surface area contributed by atoms with E-state index in [9.17, 15) is 22.4 Å². The molecule has 1 aromatic carbocycles. The van der Waals surface area contributed by atoms with Gasteiger partial charge in [-0.2, -0.15) is 0 Å². The Morgan fingerprint density at radius 1 is 1.48 bits per heavy atom. The average molecular weight is 457 g/mol. The summed E-state index contributed by atoms with van der Waals surface area (Å²) >= 11 is 1.32. The van der Waals surface area contributed by atoms with E-state index in [0.29, 0.717) is 17.3 Å². The zero-order chi connectivity index (χ0) is 22.6. The predicted molar refractivity (Wildman–Crippen MR) is 116 cm³/mol. The summed E-state index contributed by atoms with van der Waals surface area (Å²) in [5.41, 5.74) is 5.30. The van der Waals surface area contributed by atoms with Gasteiger partial charge in [0.2, 0.25) is 0 Å². The Morgan fingerprint density at radius 2 is 2.26 bits per heavy atom. The number of aliphatic imine (C=N–C) groups is 3. The van der Waals surface area contributed by atoms with E-state index in [1.54, 1.807) is 0 Å². The van der Waals surface area contributed by atoms with Gasteiger partial charge in [0.15, 0.2) is 5.17 Å². The molecule has 1 saturated carbocycles. The Morgan fingerprint density at radius 3 is 2.97 bits per heavy atom. The number of nitrogens with zero attached hydrogens (tertiary/aromatic N) is 3. The first-order valence-corrected chi connectivity index (χ1v) is 10.7. The summed E-state index contributed by atoms with van der Waals surface area (Å²) in [6, 6.07) is 4.05. The van der Waals surface area contributed by atoms with Crippen molar-refractivity contribution in [1.82, 2.24) is 0 Å². The molecule has 0 bridgehead atoms. The molecule has 0 spiro atoms. The predicted octanol–water partition coefficient (Wildman–Crippen LogP) is 3.57. The molecule has 3 atom stereocenters. The van der Waals surface area contributed by atoms with Crippen molar-refractivity contribution in [3.8, 4) is 0 Å². The molecule has 1 aliphatic heterocycles. The third-order valence-corrected chi connectivity index (χ3v) is 6.37. The third kappa shape index (κ3) is 5.25. The van der Waals surface area contributed by atoms with Crippen LogP contribution in [-0.2, 0) is 10.3 Å². The number of anilines is 1. The molecule has 0 radical (unpaired) electrons. The number of fused-ring (bicyclic) bond motifs is 1. The van der Waals surface area contributed by atoms with Crippen molar-refractivity contribution in [1.29, 1.82) is 0 Å². The Hall–Kier alpha value is -2.43. The minimum atomic E-state index is -2.63. The number of amides is 1. The van der Waals surface area contributed by atoms with Gasteiger partial charge >= 0.3 is 0 Å². The van der Waals surface area contributed by atoms with Crippen molar-refractivity contribution < 1.29 is 22.4 Å². The number of nitrogens with one attached hydrogen (secondary N) is 1. The first-order valence-electron chi connectivity index (χ1n) is 9.73. The van der Waals surface area contributed by atoms with Crippen molar-refractivity contribution in [2.45, 2.75) is 37.4 Å². The smallest absolute Gasteiger partial charge is 0.275 e. The van der Waals surface area contributed by atoms with E-state index in [1.807, 2.05) is 0 Å². The number of carbonyl (C=O) groups is 1. The molecule has 31 heavy (non-hydrogen) atoms. The number of benzene rings is 1. The summed E-state index contributed by atoms with van der Waals surface area (Å²) in [5.74, 6) is -0.907. The lowest BCUT2D eigenvalue weighted by Crippen LogP contribution is -2.45. The SMILES string of the molecule is CN=C(C=NCC(F)F)C(=O)Nc1ccc(F)c([C@]23CC[C@H](F)C[C@H]2CSC(N)=N3)c1. The highest BCUT2D eigenvalue weighted by molar-refractivity contribution is 8.13. The number of carbonyl (C=O) groups excluding carboxylic acids is 1. The minimum Gasteiger partial charge on any atom is -0.379 e. The van der Waals surface area contributed by atoms with Crippen LogP contribution in [0.2, 0.25) is 0 Å². The molecule has 168 valence electrons. The van der Waals surface area contributed by atoms with Crippen LogP contribution in [0.4, 0.5) is 23.2 Å². The second-order valence-corrected chi connectivity index (χ2v) is 8.44. The van der Waals surface area contributed by atoms with E-state index in [1.165, 1.54) is 37.0 Å². The number of rotatable bonds is 6. The van der Waals surface area contributed by atoms with Crippen molar-refractivity contribution in [3.63, 3.8) is 0 Å². The molecule has 3 rings (SSSR count). The highest BCUT2D eigenvalue weighted by Gasteiger charge is 2.48. The lowest BCUT2D eigenvalue weighted by Gasteiger charge is -2.45. The molecule has 1 amide bonds. The van der Waals surface area contributed by atoms with Crippen LogP contribution >= 0.6 is 11.8 Å². The second kappa shape index (κ2) is 9.80. The van der Waals surface area contributed by atoms with E-state index >= 15 is 0 Å². The summed E-state index contributed by atoms with van der Waals surface area (Å²) in [4.78, 5) is 24.2. The molecule has 6 nitrogen and oxygen atoms in total. The van der Waals surface area contributed by atoms with Gasteiger partial charge in [-0.1, -0.05) is 11.8 Å². The van der Waals surface area contributed by atoms with Gasteiger partial charge in [-0.3, -0.25) is 19.8 Å². The van der Waals surface area contributed by atoms with Crippen LogP contribution in [0.5, 0.6) is 0 Å². The average Bonchev–Trinajstić information content (AvgIpc) is 2.72. The van der Waals surface area contributed by atoms with Crippen LogP contribution in [0, 0.1) is 11.7 Å². The van der Waals surface area contributed by atoms with Crippen molar-refractivity contribution in [2.24, 2.45) is 26.6 Å². The number of nitrogens with two attached hydrogens (primary N) is 1. The molecule has 1 fully saturated rings. The largest absolute Gasteiger partial charge is 0.379 e. The first kappa shape index (κ1) is 23.2. The number of hydrogen-bond donors (Lipinski definition) is 2.